The fourth-order valence-electron chi connectivity index (χ4n) is 2.60. The van der Waals surface area contributed by atoms with Gasteiger partial charge in [-0.2, -0.15) is 0 Å². The monoisotopic (exact) mass is 296 g/mol. The number of hydrogen-bond acceptors (Lipinski definition) is 4. The van der Waals surface area contributed by atoms with E-state index in [-0.39, 0.29) is 5.57 Å². The first kappa shape index (κ1) is 14.7. The van der Waals surface area contributed by atoms with Gasteiger partial charge in [0.1, 0.15) is 6.10 Å². The normalized spacial score (nSPS) is 24.4. The lowest BCUT2D eigenvalue weighted by molar-refractivity contribution is -0.143. The summed E-state index contributed by atoms with van der Waals surface area (Å²) < 4.78 is 0. The summed E-state index contributed by atoms with van der Waals surface area (Å²) in [4.78, 5) is 12.2. The van der Waals surface area contributed by atoms with E-state index in [1.165, 1.54) is 6.08 Å². The second-order valence-electron chi connectivity index (χ2n) is 5.38. The van der Waals surface area contributed by atoms with Gasteiger partial charge in [0.05, 0.1) is 6.61 Å². The lowest BCUT2D eigenvalue weighted by Gasteiger charge is -2.22. The molecule has 2 aromatic carbocycles. The summed E-state index contributed by atoms with van der Waals surface area (Å²) in [5, 5.41) is 28.9. The molecule has 2 atom stereocenters. The summed E-state index contributed by atoms with van der Waals surface area (Å²) in [5.74, 6) is -0.657. The van der Waals surface area contributed by atoms with Crippen molar-refractivity contribution in [1.82, 2.24) is 0 Å². The van der Waals surface area contributed by atoms with E-state index < -0.39 is 24.1 Å². The van der Waals surface area contributed by atoms with Crippen molar-refractivity contribution >= 4 is 11.4 Å². The van der Waals surface area contributed by atoms with Crippen molar-refractivity contribution in [3.63, 3.8) is 0 Å². The molecule has 0 spiro atoms. The van der Waals surface area contributed by atoms with Gasteiger partial charge in [0.25, 0.3) is 0 Å². The number of Topliss-reactive ketones (excluding diaryl/α,β-unsaturated/α-hetero) is 1. The van der Waals surface area contributed by atoms with Crippen LogP contribution in [0.15, 0.2) is 60.7 Å². The highest BCUT2D eigenvalue weighted by Gasteiger charge is 2.48. The standard InChI is InChI=1S/C18H16O4/c19-11-18(22)16(20)10-15(17(18)21)14-8-6-13(7-9-14)12-4-2-1-3-5-12/h1-10,16,19-20,22H,11H2/t16-,18-/m0/s1. The van der Waals surface area contributed by atoms with Crippen LogP contribution >= 0.6 is 0 Å². The van der Waals surface area contributed by atoms with Gasteiger partial charge in [0, 0.05) is 5.57 Å². The summed E-state index contributed by atoms with van der Waals surface area (Å²) in [6.07, 6.45) is -0.107. The molecule has 3 N–H and O–H groups in total. The smallest absolute Gasteiger partial charge is 0.200 e. The molecule has 112 valence electrons. The fraction of sp³-hybridized carbons (Fsp3) is 0.167. The minimum atomic E-state index is -2.13. The topological polar surface area (TPSA) is 77.8 Å². The zero-order valence-corrected chi connectivity index (χ0v) is 11.8. The number of carbonyl (C=O) groups excluding carboxylic acids is 1. The Morgan fingerprint density at radius 3 is 2.00 bits per heavy atom. The van der Waals surface area contributed by atoms with Crippen LogP contribution in [0.2, 0.25) is 0 Å². The fourth-order valence-corrected chi connectivity index (χ4v) is 2.60. The van der Waals surface area contributed by atoms with Crippen LogP contribution < -0.4 is 0 Å². The van der Waals surface area contributed by atoms with E-state index in [2.05, 4.69) is 0 Å². The molecule has 0 aromatic heterocycles. The lowest BCUT2D eigenvalue weighted by atomic mass is 9.94. The summed E-state index contributed by atoms with van der Waals surface area (Å²) in [5.41, 5.74) is 0.769. The number of rotatable bonds is 3. The number of ketones is 1. The van der Waals surface area contributed by atoms with Gasteiger partial charge in [0.2, 0.25) is 0 Å². The summed E-state index contributed by atoms with van der Waals surface area (Å²) >= 11 is 0. The van der Waals surface area contributed by atoms with E-state index in [1.807, 2.05) is 42.5 Å². The Bertz CT molecular complexity index is 719. The maximum Gasteiger partial charge on any atom is 0.200 e. The van der Waals surface area contributed by atoms with Gasteiger partial charge in [-0.15, -0.1) is 0 Å². The second-order valence-corrected chi connectivity index (χ2v) is 5.38. The lowest BCUT2D eigenvalue weighted by Crippen LogP contribution is -2.48. The average Bonchev–Trinajstić information content (AvgIpc) is 2.80. The first-order valence-electron chi connectivity index (χ1n) is 7.00. The number of hydrogen-bond donors (Lipinski definition) is 3. The zero-order valence-electron chi connectivity index (χ0n) is 11.8. The van der Waals surface area contributed by atoms with Crippen LogP contribution in [0.25, 0.3) is 16.7 Å². The minimum absolute atomic E-state index is 0.226. The Hall–Kier alpha value is -2.27. The van der Waals surface area contributed by atoms with E-state index >= 15 is 0 Å². The highest BCUT2D eigenvalue weighted by atomic mass is 16.4. The molecule has 0 aliphatic heterocycles. The molecule has 4 nitrogen and oxygen atoms in total. The third kappa shape index (κ3) is 2.27. The highest BCUT2D eigenvalue weighted by Crippen LogP contribution is 2.33. The van der Waals surface area contributed by atoms with Crippen molar-refractivity contribution in [2.24, 2.45) is 0 Å². The third-order valence-electron chi connectivity index (χ3n) is 4.00. The number of benzene rings is 2. The van der Waals surface area contributed by atoms with Crippen molar-refractivity contribution in [2.75, 3.05) is 6.61 Å². The number of aliphatic hydroxyl groups is 3. The van der Waals surface area contributed by atoms with Crippen molar-refractivity contribution < 1.29 is 20.1 Å². The molecular formula is C18H16O4. The van der Waals surface area contributed by atoms with Crippen LogP contribution in [-0.2, 0) is 4.79 Å². The Morgan fingerprint density at radius 2 is 1.45 bits per heavy atom. The van der Waals surface area contributed by atoms with Gasteiger partial charge in [-0.05, 0) is 22.8 Å². The van der Waals surface area contributed by atoms with Crippen LogP contribution in [-0.4, -0.2) is 39.4 Å². The van der Waals surface area contributed by atoms with Crippen LogP contribution in [0, 0.1) is 0 Å². The Labute approximate surface area is 128 Å². The Kier molecular flexibility index (Phi) is 3.66. The molecule has 0 amide bonds. The van der Waals surface area contributed by atoms with Crippen LogP contribution in [0.5, 0.6) is 0 Å². The summed E-state index contributed by atoms with van der Waals surface area (Å²) in [6.45, 7) is -0.810. The molecule has 3 rings (SSSR count). The third-order valence-corrected chi connectivity index (χ3v) is 4.00. The Morgan fingerprint density at radius 1 is 0.909 bits per heavy atom. The second kappa shape index (κ2) is 5.50. The molecule has 0 saturated heterocycles. The summed E-state index contributed by atoms with van der Waals surface area (Å²) in [6, 6.07) is 17.1. The Balaban J connectivity index is 1.92. The van der Waals surface area contributed by atoms with Gasteiger partial charge in [-0.3, -0.25) is 4.79 Å². The van der Waals surface area contributed by atoms with E-state index in [9.17, 15) is 15.0 Å². The first-order chi connectivity index (χ1) is 10.6. The minimum Gasteiger partial charge on any atom is -0.393 e. The van der Waals surface area contributed by atoms with Gasteiger partial charge >= 0.3 is 0 Å². The molecular weight excluding hydrogens is 280 g/mol. The maximum atomic E-state index is 12.2. The molecule has 4 heteroatoms. The van der Waals surface area contributed by atoms with Crippen molar-refractivity contribution in [3.8, 4) is 11.1 Å². The molecule has 22 heavy (non-hydrogen) atoms. The molecule has 0 bridgehead atoms. The van der Waals surface area contributed by atoms with Gasteiger partial charge in [0.15, 0.2) is 11.4 Å². The van der Waals surface area contributed by atoms with Gasteiger partial charge < -0.3 is 15.3 Å². The van der Waals surface area contributed by atoms with Crippen molar-refractivity contribution in [3.05, 3.63) is 66.2 Å². The maximum absolute atomic E-state index is 12.2. The van der Waals surface area contributed by atoms with E-state index in [4.69, 9.17) is 5.11 Å². The van der Waals surface area contributed by atoms with Crippen molar-refractivity contribution in [1.29, 1.82) is 0 Å². The zero-order chi connectivity index (χ0) is 15.7. The van der Waals surface area contributed by atoms with E-state index in [1.54, 1.807) is 12.1 Å². The highest BCUT2D eigenvalue weighted by molar-refractivity contribution is 6.27. The average molecular weight is 296 g/mol. The van der Waals surface area contributed by atoms with Gasteiger partial charge in [-0.1, -0.05) is 54.6 Å². The molecule has 1 aliphatic carbocycles. The number of aliphatic hydroxyl groups excluding tert-OH is 2. The first-order valence-corrected chi connectivity index (χ1v) is 7.00. The van der Waals surface area contributed by atoms with Gasteiger partial charge in [-0.25, -0.2) is 0 Å². The van der Waals surface area contributed by atoms with Crippen LogP contribution in [0.4, 0.5) is 0 Å². The SMILES string of the molecule is O=C1C(c2ccc(-c3ccccc3)cc2)=C[C@H](O)[C@@]1(O)CO. The summed E-state index contributed by atoms with van der Waals surface area (Å²) in [7, 11) is 0. The van der Waals surface area contributed by atoms with Crippen LogP contribution in [0.3, 0.4) is 0 Å². The molecule has 0 fully saturated rings. The molecule has 2 aromatic rings. The molecule has 0 radical (unpaired) electrons. The predicted octanol–water partition coefficient (Wildman–Crippen LogP) is 1.40. The molecule has 0 unspecified atom stereocenters. The predicted molar refractivity (Wildman–Crippen MR) is 82.9 cm³/mol. The molecule has 0 heterocycles. The van der Waals surface area contributed by atoms with E-state index in [0.29, 0.717) is 5.56 Å². The number of carbonyl (C=O) groups is 1. The van der Waals surface area contributed by atoms with Crippen LogP contribution in [0.1, 0.15) is 5.56 Å². The van der Waals surface area contributed by atoms with E-state index in [0.717, 1.165) is 11.1 Å². The quantitative estimate of drug-likeness (QED) is 0.800. The van der Waals surface area contributed by atoms with Crippen molar-refractivity contribution in [2.45, 2.75) is 11.7 Å². The molecule has 0 saturated carbocycles. The molecule has 1 aliphatic rings. The largest absolute Gasteiger partial charge is 0.393 e.